The van der Waals surface area contributed by atoms with Crippen molar-refractivity contribution in [3.8, 4) is 0 Å². The average Bonchev–Trinajstić information content (AvgIpc) is 2.72. The number of nitrogens with one attached hydrogen (secondary N) is 1. The molecule has 5 heteroatoms. The van der Waals surface area contributed by atoms with Crippen LogP contribution in [0.2, 0.25) is 0 Å². The van der Waals surface area contributed by atoms with Gasteiger partial charge in [-0.2, -0.15) is 4.31 Å². The molecule has 1 fully saturated rings. The summed E-state index contributed by atoms with van der Waals surface area (Å²) in [4.78, 5) is 0.458. The first-order chi connectivity index (χ1) is 9.77. The van der Waals surface area contributed by atoms with Gasteiger partial charge in [0, 0.05) is 19.1 Å². The maximum absolute atomic E-state index is 13.0. The van der Waals surface area contributed by atoms with Gasteiger partial charge in [-0.25, -0.2) is 8.42 Å². The molecule has 0 spiro atoms. The van der Waals surface area contributed by atoms with Crippen molar-refractivity contribution in [2.75, 3.05) is 13.6 Å². The molecule has 2 atom stereocenters. The monoisotopic (exact) mass is 310 g/mol. The van der Waals surface area contributed by atoms with E-state index in [1.165, 1.54) is 0 Å². The number of benzene rings is 1. The lowest BCUT2D eigenvalue weighted by atomic mass is 10.1. The van der Waals surface area contributed by atoms with Crippen molar-refractivity contribution in [3.05, 3.63) is 28.8 Å². The third-order valence-corrected chi connectivity index (χ3v) is 6.44. The van der Waals surface area contributed by atoms with Crippen molar-refractivity contribution in [1.82, 2.24) is 9.62 Å². The summed E-state index contributed by atoms with van der Waals surface area (Å²) in [5.74, 6) is 0.428. The number of aryl methyl sites for hydroxylation is 2. The Hall–Kier alpha value is -0.910. The molecule has 118 valence electrons. The third-order valence-electron chi connectivity index (χ3n) is 4.31. The van der Waals surface area contributed by atoms with Crippen molar-refractivity contribution in [2.24, 2.45) is 5.92 Å². The Balaban J connectivity index is 2.47. The molecule has 1 heterocycles. The summed E-state index contributed by atoms with van der Waals surface area (Å²) >= 11 is 0. The zero-order valence-electron chi connectivity index (χ0n) is 13.6. The predicted octanol–water partition coefficient (Wildman–Crippen LogP) is 2.44. The highest BCUT2D eigenvalue weighted by Gasteiger charge is 2.36. The lowest BCUT2D eigenvalue weighted by Crippen LogP contribution is -2.34. The zero-order chi connectivity index (χ0) is 15.8. The molecule has 1 aliphatic heterocycles. The van der Waals surface area contributed by atoms with Gasteiger partial charge in [0.1, 0.15) is 0 Å². The number of hydrogen-bond donors (Lipinski definition) is 1. The molecule has 0 saturated carbocycles. The number of hydrogen-bond acceptors (Lipinski definition) is 3. The molecule has 2 rings (SSSR count). The maximum Gasteiger partial charge on any atom is 0.243 e. The van der Waals surface area contributed by atoms with E-state index >= 15 is 0 Å². The van der Waals surface area contributed by atoms with E-state index in [-0.39, 0.29) is 6.04 Å². The lowest BCUT2D eigenvalue weighted by molar-refractivity contribution is 0.405. The van der Waals surface area contributed by atoms with Gasteiger partial charge in [0.25, 0.3) is 0 Å². The summed E-state index contributed by atoms with van der Waals surface area (Å²) in [6.45, 7) is 9.32. The Morgan fingerprint density at radius 3 is 2.43 bits per heavy atom. The minimum Gasteiger partial charge on any atom is -0.316 e. The van der Waals surface area contributed by atoms with Gasteiger partial charge < -0.3 is 5.32 Å². The van der Waals surface area contributed by atoms with E-state index in [0.717, 1.165) is 23.1 Å². The summed E-state index contributed by atoms with van der Waals surface area (Å²) in [7, 11) is -1.53. The SMILES string of the molecule is CNCc1cc(S(=O)(=O)N2CC(C)CC2C)c(C)cc1C. The summed E-state index contributed by atoms with van der Waals surface area (Å²) in [5.41, 5.74) is 3.00. The Morgan fingerprint density at radius 1 is 1.24 bits per heavy atom. The van der Waals surface area contributed by atoms with Crippen molar-refractivity contribution in [2.45, 2.75) is 51.6 Å². The minimum atomic E-state index is -3.40. The molecule has 2 unspecified atom stereocenters. The molecular weight excluding hydrogens is 284 g/mol. The van der Waals surface area contributed by atoms with E-state index in [2.05, 4.69) is 12.2 Å². The second-order valence-corrected chi connectivity index (χ2v) is 8.20. The quantitative estimate of drug-likeness (QED) is 0.929. The standard InChI is InChI=1S/C16H26N2O2S/c1-11-6-14(4)18(10-11)21(19,20)16-8-15(9-17-5)12(2)7-13(16)3/h7-8,11,14,17H,6,9-10H2,1-5H3. The van der Waals surface area contributed by atoms with Crippen molar-refractivity contribution in [3.63, 3.8) is 0 Å². The Kier molecular flexibility index (Phi) is 4.76. The summed E-state index contributed by atoms with van der Waals surface area (Å²) in [5, 5.41) is 3.10. The number of nitrogens with zero attached hydrogens (tertiary/aromatic N) is 1. The Labute approximate surface area is 128 Å². The number of sulfonamides is 1. The van der Waals surface area contributed by atoms with Gasteiger partial charge in [-0.1, -0.05) is 13.0 Å². The topological polar surface area (TPSA) is 49.4 Å². The van der Waals surface area contributed by atoms with Crippen LogP contribution in [0.3, 0.4) is 0 Å². The fourth-order valence-corrected chi connectivity index (χ4v) is 5.28. The summed E-state index contributed by atoms with van der Waals surface area (Å²) in [6.07, 6.45) is 0.938. The molecule has 1 N–H and O–H groups in total. The molecule has 21 heavy (non-hydrogen) atoms. The molecular formula is C16H26N2O2S. The highest BCUT2D eigenvalue weighted by atomic mass is 32.2. The lowest BCUT2D eigenvalue weighted by Gasteiger charge is -2.23. The normalized spacial score (nSPS) is 23.7. The average molecular weight is 310 g/mol. The first-order valence-electron chi connectivity index (χ1n) is 7.54. The predicted molar refractivity (Wildman–Crippen MR) is 85.8 cm³/mol. The second kappa shape index (κ2) is 6.07. The Morgan fingerprint density at radius 2 is 1.90 bits per heavy atom. The van der Waals surface area contributed by atoms with Crippen LogP contribution >= 0.6 is 0 Å². The van der Waals surface area contributed by atoms with Gasteiger partial charge in [0.2, 0.25) is 10.0 Å². The van der Waals surface area contributed by atoms with E-state index in [1.54, 1.807) is 4.31 Å². The van der Waals surface area contributed by atoms with Crippen LogP contribution in [0.5, 0.6) is 0 Å². The van der Waals surface area contributed by atoms with Gasteiger partial charge in [-0.05, 0) is 62.9 Å². The van der Waals surface area contributed by atoms with Crippen molar-refractivity contribution >= 4 is 10.0 Å². The van der Waals surface area contributed by atoms with Crippen LogP contribution in [0, 0.1) is 19.8 Å². The molecule has 0 bridgehead atoms. The molecule has 4 nitrogen and oxygen atoms in total. The Bertz CT molecular complexity index is 625. The first-order valence-corrected chi connectivity index (χ1v) is 8.98. The van der Waals surface area contributed by atoms with E-state index in [1.807, 2.05) is 40.0 Å². The molecule has 1 saturated heterocycles. The van der Waals surface area contributed by atoms with Crippen LogP contribution in [0.25, 0.3) is 0 Å². The van der Waals surface area contributed by atoms with Crippen molar-refractivity contribution < 1.29 is 8.42 Å². The zero-order valence-corrected chi connectivity index (χ0v) is 14.4. The molecule has 0 aromatic heterocycles. The van der Waals surface area contributed by atoms with Crippen LogP contribution in [0.4, 0.5) is 0 Å². The van der Waals surface area contributed by atoms with Gasteiger partial charge in [0.15, 0.2) is 0 Å². The molecule has 0 radical (unpaired) electrons. The van der Waals surface area contributed by atoms with Crippen LogP contribution < -0.4 is 5.32 Å². The summed E-state index contributed by atoms with van der Waals surface area (Å²) < 4.78 is 27.6. The molecule has 0 aliphatic carbocycles. The van der Waals surface area contributed by atoms with Gasteiger partial charge in [-0.15, -0.1) is 0 Å². The van der Waals surface area contributed by atoms with Gasteiger partial charge >= 0.3 is 0 Å². The summed E-state index contributed by atoms with van der Waals surface area (Å²) in [6, 6.07) is 3.90. The maximum atomic E-state index is 13.0. The van der Waals surface area contributed by atoms with E-state index < -0.39 is 10.0 Å². The molecule has 1 aliphatic rings. The fourth-order valence-electron chi connectivity index (χ4n) is 3.26. The fraction of sp³-hybridized carbons (Fsp3) is 0.625. The van der Waals surface area contributed by atoms with Gasteiger partial charge in [0.05, 0.1) is 4.90 Å². The molecule has 0 amide bonds. The van der Waals surface area contributed by atoms with Crippen LogP contribution in [0.1, 0.15) is 37.0 Å². The van der Waals surface area contributed by atoms with Crippen LogP contribution in [-0.4, -0.2) is 32.4 Å². The highest BCUT2D eigenvalue weighted by molar-refractivity contribution is 7.89. The van der Waals surface area contributed by atoms with Crippen LogP contribution in [0.15, 0.2) is 17.0 Å². The number of rotatable bonds is 4. The van der Waals surface area contributed by atoms with Crippen LogP contribution in [-0.2, 0) is 16.6 Å². The first kappa shape index (κ1) is 16.5. The van der Waals surface area contributed by atoms with E-state index in [9.17, 15) is 8.42 Å². The highest BCUT2D eigenvalue weighted by Crippen LogP contribution is 2.31. The molecule has 1 aromatic rings. The second-order valence-electron chi connectivity index (χ2n) is 6.34. The largest absolute Gasteiger partial charge is 0.316 e. The van der Waals surface area contributed by atoms with E-state index in [4.69, 9.17) is 0 Å². The van der Waals surface area contributed by atoms with Crippen molar-refractivity contribution in [1.29, 1.82) is 0 Å². The minimum absolute atomic E-state index is 0.0819. The van der Waals surface area contributed by atoms with E-state index in [0.29, 0.717) is 23.9 Å². The molecule has 1 aromatic carbocycles. The van der Waals surface area contributed by atoms with Gasteiger partial charge in [-0.3, -0.25) is 0 Å². The smallest absolute Gasteiger partial charge is 0.243 e. The third kappa shape index (κ3) is 3.15.